The number of nitrogens with zero attached hydrogens (tertiary/aromatic N) is 3. The van der Waals surface area contributed by atoms with Crippen molar-refractivity contribution in [3.8, 4) is 0 Å². The van der Waals surface area contributed by atoms with E-state index in [2.05, 4.69) is 11.1 Å². The second-order valence-electron chi connectivity index (χ2n) is 7.40. The van der Waals surface area contributed by atoms with Gasteiger partial charge in [0.25, 0.3) is 11.8 Å². The topological polar surface area (TPSA) is 71.1 Å². The number of aromatic nitrogens is 1. The number of likely N-dealkylation sites (N-methyl/N-ethyl adjacent to an activating group) is 1. The third-order valence-electron chi connectivity index (χ3n) is 5.53. The monoisotopic (exact) mass is 413 g/mol. The number of thiazole rings is 1. The highest BCUT2D eigenvalue weighted by molar-refractivity contribution is 7.18. The number of piperazine rings is 1. The predicted octanol–water partition coefficient (Wildman–Crippen LogP) is 1.45. The number of amides is 2. The van der Waals surface area contributed by atoms with Crippen LogP contribution in [0.15, 0.2) is 47.1 Å². The Labute approximate surface area is 173 Å². The van der Waals surface area contributed by atoms with E-state index >= 15 is 0 Å². The number of benzene rings is 1. The Bertz CT molecular complexity index is 959. The summed E-state index contributed by atoms with van der Waals surface area (Å²) < 4.78 is 6.34. The van der Waals surface area contributed by atoms with Gasteiger partial charge in [-0.15, -0.1) is 11.3 Å². The molecule has 0 radical (unpaired) electrons. The van der Waals surface area contributed by atoms with Crippen molar-refractivity contribution in [3.63, 3.8) is 0 Å². The zero-order valence-corrected chi connectivity index (χ0v) is 17.4. The molecule has 0 unspecified atom stereocenters. The van der Waals surface area contributed by atoms with Crippen LogP contribution in [0.25, 0.3) is 10.2 Å². The van der Waals surface area contributed by atoms with E-state index in [4.69, 9.17) is 4.42 Å². The van der Waals surface area contributed by atoms with Gasteiger partial charge in [-0.25, -0.2) is 4.98 Å². The summed E-state index contributed by atoms with van der Waals surface area (Å²) in [6.45, 7) is 5.20. The predicted molar refractivity (Wildman–Crippen MR) is 111 cm³/mol. The number of para-hydroxylation sites is 1. The zero-order valence-electron chi connectivity index (χ0n) is 16.6. The van der Waals surface area contributed by atoms with Crippen LogP contribution in [0.1, 0.15) is 28.5 Å². The lowest BCUT2D eigenvalue weighted by molar-refractivity contribution is -0.896. The molecule has 1 aromatic carbocycles. The van der Waals surface area contributed by atoms with Crippen LogP contribution in [0.5, 0.6) is 0 Å². The van der Waals surface area contributed by atoms with Crippen LogP contribution in [0.4, 0.5) is 0 Å². The summed E-state index contributed by atoms with van der Waals surface area (Å²) in [4.78, 5) is 34.6. The van der Waals surface area contributed by atoms with E-state index in [0.717, 1.165) is 28.3 Å². The molecule has 0 spiro atoms. The van der Waals surface area contributed by atoms with Crippen LogP contribution < -0.4 is 4.90 Å². The lowest BCUT2D eigenvalue weighted by Crippen LogP contribution is -3.15. The Balaban J connectivity index is 1.31. The van der Waals surface area contributed by atoms with Crippen molar-refractivity contribution in [2.75, 3.05) is 39.8 Å². The number of quaternary nitrogens is 1. The van der Waals surface area contributed by atoms with E-state index in [1.54, 1.807) is 33.3 Å². The molecule has 3 aromatic rings. The molecule has 1 fully saturated rings. The first-order valence-electron chi connectivity index (χ1n) is 9.80. The molecule has 1 aliphatic rings. The minimum Gasteiger partial charge on any atom is -0.459 e. The molecule has 2 aromatic heterocycles. The lowest BCUT2D eigenvalue weighted by atomic mass is 10.2. The molecule has 0 aliphatic carbocycles. The number of fused-ring (bicyclic) bond motifs is 1. The van der Waals surface area contributed by atoms with E-state index in [-0.39, 0.29) is 17.9 Å². The molecule has 3 heterocycles. The van der Waals surface area contributed by atoms with Gasteiger partial charge in [0.1, 0.15) is 5.01 Å². The second-order valence-corrected chi connectivity index (χ2v) is 8.46. The molecule has 152 valence electrons. The molecule has 7 nitrogen and oxygen atoms in total. The van der Waals surface area contributed by atoms with Crippen LogP contribution in [-0.4, -0.2) is 66.4 Å². The molecule has 8 heteroatoms. The second kappa shape index (κ2) is 8.34. The molecule has 1 aliphatic heterocycles. The van der Waals surface area contributed by atoms with E-state index in [1.807, 2.05) is 32.2 Å². The van der Waals surface area contributed by atoms with E-state index in [9.17, 15) is 9.59 Å². The van der Waals surface area contributed by atoms with Crippen molar-refractivity contribution in [1.82, 2.24) is 14.8 Å². The van der Waals surface area contributed by atoms with Crippen molar-refractivity contribution in [1.29, 1.82) is 0 Å². The van der Waals surface area contributed by atoms with Crippen LogP contribution in [0.3, 0.4) is 0 Å². The van der Waals surface area contributed by atoms with Crippen LogP contribution in [0.2, 0.25) is 0 Å². The van der Waals surface area contributed by atoms with E-state index in [0.29, 0.717) is 25.4 Å². The number of carbonyl (C=O) groups excluding carboxylic acids is 2. The number of hydrogen-bond acceptors (Lipinski definition) is 5. The summed E-state index contributed by atoms with van der Waals surface area (Å²) >= 11 is 1.63. The Morgan fingerprint density at radius 2 is 2.00 bits per heavy atom. The number of nitrogens with one attached hydrogen (secondary N) is 1. The van der Waals surface area contributed by atoms with Crippen molar-refractivity contribution in [3.05, 3.63) is 53.4 Å². The van der Waals surface area contributed by atoms with E-state index < -0.39 is 0 Å². The average Bonchev–Trinajstić information content (AvgIpc) is 3.42. The van der Waals surface area contributed by atoms with E-state index in [1.165, 1.54) is 11.2 Å². The van der Waals surface area contributed by atoms with Gasteiger partial charge in [-0.1, -0.05) is 12.1 Å². The van der Waals surface area contributed by atoms with Crippen molar-refractivity contribution < 1.29 is 18.9 Å². The Morgan fingerprint density at radius 1 is 1.24 bits per heavy atom. The molecule has 1 N–H and O–H groups in total. The maximum Gasteiger partial charge on any atom is 0.289 e. The molecule has 0 bridgehead atoms. The summed E-state index contributed by atoms with van der Waals surface area (Å²) in [5.41, 5.74) is 0.975. The highest BCUT2D eigenvalue weighted by atomic mass is 32.1. The molecule has 4 rings (SSSR count). The van der Waals surface area contributed by atoms with Gasteiger partial charge in [-0.2, -0.15) is 0 Å². The third kappa shape index (κ3) is 4.18. The first-order chi connectivity index (χ1) is 14.0. The standard InChI is InChI=1S/C21H24N4O3S/c1-15(20-22-16-6-3-4-8-18(16)29-20)23(2)19(26)14-24-9-11-25(12-10-24)21(27)17-7-5-13-28-17/h3-8,13,15H,9-12,14H2,1-2H3/p+1/t15-/m0/s1. The molecule has 1 saturated heterocycles. The first-order valence-corrected chi connectivity index (χ1v) is 10.6. The summed E-state index contributed by atoms with van der Waals surface area (Å²) in [7, 11) is 1.84. The smallest absolute Gasteiger partial charge is 0.289 e. The fourth-order valence-corrected chi connectivity index (χ4v) is 4.61. The number of carbonyl (C=O) groups is 2. The SMILES string of the molecule is C[C@@H](c1nc2ccccc2s1)N(C)C(=O)C[NH+]1CCN(C(=O)c2ccco2)CC1. The Morgan fingerprint density at radius 3 is 2.69 bits per heavy atom. The van der Waals surface area contributed by atoms with Gasteiger partial charge >= 0.3 is 0 Å². The van der Waals surface area contributed by atoms with Gasteiger partial charge in [0.05, 0.1) is 48.7 Å². The summed E-state index contributed by atoms with van der Waals surface area (Å²) in [5, 5.41) is 0.950. The van der Waals surface area contributed by atoms with Crippen LogP contribution in [-0.2, 0) is 4.79 Å². The molecule has 0 saturated carbocycles. The summed E-state index contributed by atoms with van der Waals surface area (Å²) in [6, 6.07) is 11.4. The van der Waals surface area contributed by atoms with Gasteiger partial charge in [0.15, 0.2) is 12.3 Å². The first kappa shape index (κ1) is 19.6. The fourth-order valence-electron chi connectivity index (χ4n) is 3.55. The highest BCUT2D eigenvalue weighted by Crippen LogP contribution is 2.28. The largest absolute Gasteiger partial charge is 0.459 e. The van der Waals surface area contributed by atoms with Crippen LogP contribution in [0, 0.1) is 0 Å². The minimum absolute atomic E-state index is 0.0684. The highest BCUT2D eigenvalue weighted by Gasteiger charge is 2.29. The maximum absolute atomic E-state index is 12.8. The maximum atomic E-state index is 12.8. The van der Waals surface area contributed by atoms with Gasteiger partial charge in [0, 0.05) is 7.05 Å². The van der Waals surface area contributed by atoms with Crippen LogP contribution >= 0.6 is 11.3 Å². The van der Waals surface area contributed by atoms with Gasteiger partial charge in [-0.3, -0.25) is 9.59 Å². The summed E-state index contributed by atoms with van der Waals surface area (Å²) in [6.07, 6.45) is 1.51. The molecular weight excluding hydrogens is 388 g/mol. The molecule has 29 heavy (non-hydrogen) atoms. The van der Waals surface area contributed by atoms with Crippen molar-refractivity contribution in [2.45, 2.75) is 13.0 Å². The minimum atomic E-state index is -0.0815. The normalized spacial score (nSPS) is 16.1. The molecular formula is C21H25N4O3S+. The number of rotatable bonds is 5. The summed E-state index contributed by atoms with van der Waals surface area (Å²) in [5.74, 6) is 0.383. The number of furan rings is 1. The number of hydrogen-bond donors (Lipinski definition) is 1. The Hall–Kier alpha value is -2.71. The van der Waals surface area contributed by atoms with Crippen molar-refractivity contribution in [2.24, 2.45) is 0 Å². The van der Waals surface area contributed by atoms with Gasteiger partial charge in [0.2, 0.25) is 0 Å². The lowest BCUT2D eigenvalue weighted by Gasteiger charge is -2.32. The van der Waals surface area contributed by atoms with Gasteiger partial charge in [-0.05, 0) is 31.2 Å². The average molecular weight is 414 g/mol. The molecule has 2 amide bonds. The van der Waals surface area contributed by atoms with Crippen molar-refractivity contribution >= 4 is 33.4 Å². The fraction of sp³-hybridized carbons (Fsp3) is 0.381. The quantitative estimate of drug-likeness (QED) is 0.687. The molecule has 1 atom stereocenters. The van der Waals surface area contributed by atoms with Gasteiger partial charge < -0.3 is 19.1 Å². The Kier molecular flexibility index (Phi) is 5.64. The zero-order chi connectivity index (χ0) is 20.4. The third-order valence-corrected chi connectivity index (χ3v) is 6.74.